The van der Waals surface area contributed by atoms with E-state index in [-0.39, 0.29) is 5.70 Å². The number of carboxylic acids is 1. The van der Waals surface area contributed by atoms with Gasteiger partial charge in [0.1, 0.15) is 11.4 Å². The van der Waals surface area contributed by atoms with Crippen molar-refractivity contribution in [2.75, 3.05) is 5.73 Å². The fourth-order valence-electron chi connectivity index (χ4n) is 2.52. The summed E-state index contributed by atoms with van der Waals surface area (Å²) in [6.45, 7) is 0. The van der Waals surface area contributed by atoms with E-state index in [0.717, 1.165) is 0 Å². The molecule has 3 aromatic carbocycles. The van der Waals surface area contributed by atoms with Gasteiger partial charge in [-0.25, -0.2) is 4.79 Å². The second-order valence-electron chi connectivity index (χ2n) is 6.02. The number of carbonyl (C=O) groups is 2. The molecule has 0 aliphatic heterocycles. The summed E-state index contributed by atoms with van der Waals surface area (Å²) < 4.78 is 5.75. The van der Waals surface area contributed by atoms with Crippen molar-refractivity contribution in [1.82, 2.24) is 5.32 Å². The largest absolute Gasteiger partial charge is 0.477 e. The molecule has 0 atom stereocenters. The molecule has 0 fully saturated rings. The first-order valence-electron chi connectivity index (χ1n) is 8.57. The zero-order valence-corrected chi connectivity index (χ0v) is 15.9. The number of hydrogen-bond donors (Lipinski definition) is 3. The number of nitrogens with two attached hydrogens (primary N) is 1. The fourth-order valence-corrected chi connectivity index (χ4v) is 2.74. The Morgan fingerprint density at radius 2 is 1.72 bits per heavy atom. The van der Waals surface area contributed by atoms with E-state index in [2.05, 4.69) is 5.32 Å². The number of carboxylic acid groups (broad SMARTS) is 1. The molecular formula is C22H17ClN2O4. The van der Waals surface area contributed by atoms with Gasteiger partial charge in [0.05, 0.1) is 10.7 Å². The van der Waals surface area contributed by atoms with Crippen LogP contribution in [0.5, 0.6) is 11.5 Å². The van der Waals surface area contributed by atoms with Crippen LogP contribution >= 0.6 is 11.6 Å². The molecule has 0 unspecified atom stereocenters. The molecule has 0 aromatic heterocycles. The minimum Gasteiger partial charge on any atom is -0.477 e. The van der Waals surface area contributed by atoms with Gasteiger partial charge in [-0.2, -0.15) is 0 Å². The number of halogens is 1. The van der Waals surface area contributed by atoms with Gasteiger partial charge in [0.15, 0.2) is 5.75 Å². The van der Waals surface area contributed by atoms with Crippen LogP contribution in [0.3, 0.4) is 0 Å². The summed E-state index contributed by atoms with van der Waals surface area (Å²) in [6.07, 6.45) is 1.34. The monoisotopic (exact) mass is 408 g/mol. The predicted octanol–water partition coefficient (Wildman–Crippen LogP) is 4.57. The van der Waals surface area contributed by atoms with Gasteiger partial charge in [-0.15, -0.1) is 0 Å². The van der Waals surface area contributed by atoms with Crippen molar-refractivity contribution in [3.8, 4) is 11.5 Å². The number of amides is 1. The third-order valence-electron chi connectivity index (χ3n) is 3.90. The molecule has 29 heavy (non-hydrogen) atoms. The van der Waals surface area contributed by atoms with Crippen LogP contribution in [0.2, 0.25) is 5.02 Å². The zero-order chi connectivity index (χ0) is 20.8. The van der Waals surface area contributed by atoms with Gasteiger partial charge in [0.25, 0.3) is 5.91 Å². The van der Waals surface area contributed by atoms with Crippen molar-refractivity contribution in [1.29, 1.82) is 0 Å². The molecule has 4 N–H and O–H groups in total. The summed E-state index contributed by atoms with van der Waals surface area (Å²) in [5, 5.41) is 12.2. The Morgan fingerprint density at radius 1 is 1.00 bits per heavy atom. The summed E-state index contributed by atoms with van der Waals surface area (Å²) in [6, 6.07) is 20.0. The highest BCUT2D eigenvalue weighted by atomic mass is 35.5. The molecule has 146 valence electrons. The van der Waals surface area contributed by atoms with Crippen LogP contribution in [0, 0.1) is 0 Å². The Balaban J connectivity index is 1.85. The van der Waals surface area contributed by atoms with Crippen molar-refractivity contribution >= 4 is 35.2 Å². The van der Waals surface area contributed by atoms with Crippen LogP contribution < -0.4 is 15.8 Å². The third-order valence-corrected chi connectivity index (χ3v) is 4.20. The van der Waals surface area contributed by atoms with E-state index in [1.54, 1.807) is 72.8 Å². The van der Waals surface area contributed by atoms with Crippen LogP contribution in [0.1, 0.15) is 15.9 Å². The molecule has 3 aromatic rings. The normalized spacial score (nSPS) is 11.0. The summed E-state index contributed by atoms with van der Waals surface area (Å²) in [7, 11) is 0. The van der Waals surface area contributed by atoms with E-state index < -0.39 is 11.9 Å². The van der Waals surface area contributed by atoms with E-state index in [9.17, 15) is 14.7 Å². The lowest BCUT2D eigenvalue weighted by molar-refractivity contribution is -0.132. The molecule has 0 spiro atoms. The minimum atomic E-state index is -1.27. The Bertz CT molecular complexity index is 1060. The number of rotatable bonds is 6. The molecule has 0 saturated carbocycles. The Hall–Kier alpha value is -3.77. The molecule has 1 amide bonds. The topological polar surface area (TPSA) is 102 Å². The zero-order valence-electron chi connectivity index (χ0n) is 15.1. The molecule has 0 radical (unpaired) electrons. The van der Waals surface area contributed by atoms with Gasteiger partial charge in [0, 0.05) is 5.56 Å². The number of carbonyl (C=O) groups excluding carboxylic acids is 1. The van der Waals surface area contributed by atoms with E-state index in [1.807, 2.05) is 0 Å². The first kappa shape index (κ1) is 20.0. The van der Waals surface area contributed by atoms with Crippen LogP contribution in [-0.2, 0) is 4.79 Å². The average Bonchev–Trinajstić information content (AvgIpc) is 2.71. The second kappa shape index (κ2) is 8.95. The Kier molecular flexibility index (Phi) is 6.16. The van der Waals surface area contributed by atoms with Gasteiger partial charge >= 0.3 is 5.97 Å². The van der Waals surface area contributed by atoms with Gasteiger partial charge in [-0.1, -0.05) is 48.0 Å². The first-order valence-corrected chi connectivity index (χ1v) is 8.95. The smallest absolute Gasteiger partial charge is 0.352 e. The fraction of sp³-hybridized carbons (Fsp3) is 0. The standard InChI is InChI=1S/C22H17ClN2O4/c23-17-10-5-11-18(24)20(17)29-16-9-4-6-14(12-16)13-19(22(27)28)25-21(26)15-7-2-1-3-8-15/h1-13H,24H2,(H,25,26)(H,27,28). The highest BCUT2D eigenvalue weighted by molar-refractivity contribution is 6.32. The quantitative estimate of drug-likeness (QED) is 0.409. The molecule has 0 saturated heterocycles. The van der Waals surface area contributed by atoms with Crippen molar-refractivity contribution in [2.45, 2.75) is 0 Å². The van der Waals surface area contributed by atoms with Gasteiger partial charge < -0.3 is 20.9 Å². The summed E-state index contributed by atoms with van der Waals surface area (Å²) >= 11 is 6.12. The minimum absolute atomic E-state index is 0.270. The summed E-state index contributed by atoms with van der Waals surface area (Å²) in [5.41, 5.74) is 6.86. The highest BCUT2D eigenvalue weighted by Gasteiger charge is 2.14. The number of nitrogens with one attached hydrogen (secondary N) is 1. The first-order chi connectivity index (χ1) is 13.9. The van der Waals surface area contributed by atoms with E-state index in [1.165, 1.54) is 6.08 Å². The molecule has 0 heterocycles. The molecule has 6 nitrogen and oxygen atoms in total. The predicted molar refractivity (Wildman–Crippen MR) is 112 cm³/mol. The van der Waals surface area contributed by atoms with Crippen molar-refractivity contribution in [2.24, 2.45) is 0 Å². The van der Waals surface area contributed by atoms with Crippen LogP contribution in [0.25, 0.3) is 6.08 Å². The number of ether oxygens (including phenoxy) is 1. The lowest BCUT2D eigenvalue weighted by Gasteiger charge is -2.11. The molecule has 0 aliphatic rings. The maximum absolute atomic E-state index is 12.3. The van der Waals surface area contributed by atoms with Crippen molar-refractivity contribution in [3.05, 3.63) is 94.6 Å². The molecule has 0 aliphatic carbocycles. The van der Waals surface area contributed by atoms with E-state index >= 15 is 0 Å². The van der Waals surface area contributed by atoms with Crippen LogP contribution in [-0.4, -0.2) is 17.0 Å². The maximum atomic E-state index is 12.3. The number of benzene rings is 3. The maximum Gasteiger partial charge on any atom is 0.352 e. The highest BCUT2D eigenvalue weighted by Crippen LogP contribution is 2.34. The summed E-state index contributed by atoms with van der Waals surface area (Å²) in [5.74, 6) is -1.06. The molecule has 3 rings (SSSR count). The second-order valence-corrected chi connectivity index (χ2v) is 6.42. The van der Waals surface area contributed by atoms with Gasteiger partial charge in [-0.3, -0.25) is 4.79 Å². The number of para-hydroxylation sites is 1. The van der Waals surface area contributed by atoms with Crippen molar-refractivity contribution < 1.29 is 19.4 Å². The van der Waals surface area contributed by atoms with Crippen molar-refractivity contribution in [3.63, 3.8) is 0 Å². The Morgan fingerprint density at radius 3 is 2.41 bits per heavy atom. The summed E-state index contributed by atoms with van der Waals surface area (Å²) in [4.78, 5) is 23.9. The lowest BCUT2D eigenvalue weighted by Crippen LogP contribution is -2.27. The molecule has 7 heteroatoms. The molecule has 0 bridgehead atoms. The Labute approximate surface area is 172 Å². The number of nitrogen functional groups attached to an aromatic ring is 1. The average molecular weight is 409 g/mol. The number of anilines is 1. The third kappa shape index (κ3) is 5.15. The van der Waals surface area contributed by atoms with Crippen LogP contribution in [0.4, 0.5) is 5.69 Å². The van der Waals surface area contributed by atoms with E-state index in [4.69, 9.17) is 22.1 Å². The number of aliphatic carboxylic acids is 1. The van der Waals surface area contributed by atoms with Gasteiger partial charge in [0.2, 0.25) is 0 Å². The van der Waals surface area contributed by atoms with E-state index in [0.29, 0.717) is 33.3 Å². The molecular weight excluding hydrogens is 392 g/mol. The lowest BCUT2D eigenvalue weighted by atomic mass is 10.1. The number of hydrogen-bond acceptors (Lipinski definition) is 4. The van der Waals surface area contributed by atoms with Gasteiger partial charge in [-0.05, 0) is 48.0 Å². The SMILES string of the molecule is Nc1cccc(Cl)c1Oc1cccc(C=C(NC(=O)c2ccccc2)C(=O)O)c1. The van der Waals surface area contributed by atoms with Crippen LogP contribution in [0.15, 0.2) is 78.5 Å².